The Labute approximate surface area is 363 Å². The Bertz CT molecular complexity index is 818. The van der Waals surface area contributed by atoms with E-state index in [1.807, 2.05) is 6.08 Å². The number of rotatable bonds is 49. The van der Waals surface area contributed by atoms with Crippen molar-refractivity contribution in [2.24, 2.45) is 0 Å². The lowest BCUT2D eigenvalue weighted by Crippen LogP contribution is -2.48. The van der Waals surface area contributed by atoms with Crippen molar-refractivity contribution in [3.8, 4) is 0 Å². The minimum absolute atomic E-state index is 0.359. The smallest absolute Gasteiger partial charge is 0.249 e. The molecule has 0 radical (unpaired) electrons. The second-order valence-corrected chi connectivity index (χ2v) is 18.5. The summed E-state index contributed by atoms with van der Waals surface area (Å²) in [5.41, 5.74) is 0. The normalized spacial score (nSPS) is 13.4. The van der Waals surface area contributed by atoms with Gasteiger partial charge in [0.15, 0.2) is 0 Å². The molecule has 0 heterocycles. The van der Waals surface area contributed by atoms with Gasteiger partial charge in [0.05, 0.1) is 18.8 Å². The van der Waals surface area contributed by atoms with E-state index < -0.39 is 24.2 Å². The van der Waals surface area contributed by atoms with Crippen molar-refractivity contribution in [2.75, 3.05) is 6.61 Å². The Morgan fingerprint density at radius 2 is 0.672 bits per heavy atom. The molecule has 4 N–H and O–H groups in total. The summed E-state index contributed by atoms with van der Waals surface area (Å²) in [6.45, 7) is 4.22. The number of aliphatic hydroxyl groups excluding tert-OH is 3. The molecule has 0 bridgehead atoms. The summed E-state index contributed by atoms with van der Waals surface area (Å²) < 4.78 is 0. The lowest BCUT2D eigenvalue weighted by molar-refractivity contribution is -0.131. The predicted molar refractivity (Wildman–Crippen MR) is 255 cm³/mol. The zero-order valence-corrected chi connectivity index (χ0v) is 39.5. The number of unbranched alkanes of at least 4 members (excludes halogenated alkanes) is 41. The van der Waals surface area contributed by atoms with Crippen LogP contribution < -0.4 is 5.32 Å². The first-order valence-electron chi connectivity index (χ1n) is 26.5. The first-order chi connectivity index (χ1) is 28.6. The fraction of sp³-hybridized carbons (Fsp3) is 0.943. The number of hydrogen-bond donors (Lipinski definition) is 4. The van der Waals surface area contributed by atoms with Crippen molar-refractivity contribution in [1.29, 1.82) is 0 Å². The fourth-order valence-corrected chi connectivity index (χ4v) is 8.48. The van der Waals surface area contributed by atoms with E-state index in [2.05, 4.69) is 19.2 Å². The van der Waals surface area contributed by atoms with E-state index in [4.69, 9.17) is 0 Å². The van der Waals surface area contributed by atoms with Crippen molar-refractivity contribution >= 4 is 5.91 Å². The van der Waals surface area contributed by atoms with Crippen molar-refractivity contribution in [3.05, 3.63) is 12.2 Å². The van der Waals surface area contributed by atoms with Gasteiger partial charge >= 0.3 is 0 Å². The van der Waals surface area contributed by atoms with Gasteiger partial charge in [-0.2, -0.15) is 0 Å². The highest BCUT2D eigenvalue weighted by atomic mass is 16.3. The lowest BCUT2D eigenvalue weighted by atomic mass is 10.0. The average molecular weight is 820 g/mol. The van der Waals surface area contributed by atoms with Gasteiger partial charge in [0.1, 0.15) is 6.10 Å². The number of nitrogens with one attached hydrogen (secondary N) is 1. The van der Waals surface area contributed by atoms with Gasteiger partial charge in [-0.15, -0.1) is 0 Å². The largest absolute Gasteiger partial charge is 0.394 e. The molecule has 0 aliphatic rings. The van der Waals surface area contributed by atoms with Crippen LogP contribution in [0.4, 0.5) is 0 Å². The van der Waals surface area contributed by atoms with Crippen molar-refractivity contribution in [1.82, 2.24) is 5.32 Å². The van der Waals surface area contributed by atoms with Crippen LogP contribution in [-0.4, -0.2) is 46.1 Å². The summed E-state index contributed by atoms with van der Waals surface area (Å²) in [7, 11) is 0. The van der Waals surface area contributed by atoms with E-state index in [0.717, 1.165) is 32.1 Å². The highest BCUT2D eigenvalue weighted by Crippen LogP contribution is 2.18. The van der Waals surface area contributed by atoms with E-state index in [1.54, 1.807) is 6.08 Å². The van der Waals surface area contributed by atoms with Crippen LogP contribution in [0.3, 0.4) is 0 Å². The Hall–Kier alpha value is -0.910. The van der Waals surface area contributed by atoms with Gasteiger partial charge in [-0.25, -0.2) is 0 Å². The maximum absolute atomic E-state index is 12.5. The van der Waals surface area contributed by atoms with Gasteiger partial charge in [0.25, 0.3) is 0 Å². The molecule has 1 amide bonds. The number of amides is 1. The van der Waals surface area contributed by atoms with E-state index >= 15 is 0 Å². The van der Waals surface area contributed by atoms with Gasteiger partial charge in [-0.3, -0.25) is 4.79 Å². The summed E-state index contributed by atoms with van der Waals surface area (Å²) in [6, 6.07) is -0.793. The maximum atomic E-state index is 12.5. The van der Waals surface area contributed by atoms with Gasteiger partial charge in [-0.05, 0) is 19.3 Å². The second-order valence-electron chi connectivity index (χ2n) is 18.5. The lowest BCUT2D eigenvalue weighted by Gasteiger charge is -2.21. The van der Waals surface area contributed by atoms with Crippen molar-refractivity contribution < 1.29 is 20.1 Å². The van der Waals surface area contributed by atoms with Crippen LogP contribution in [0.25, 0.3) is 0 Å². The average Bonchev–Trinajstić information content (AvgIpc) is 3.23. The van der Waals surface area contributed by atoms with Gasteiger partial charge in [-0.1, -0.05) is 289 Å². The highest BCUT2D eigenvalue weighted by molar-refractivity contribution is 5.80. The molecule has 5 heteroatoms. The summed E-state index contributed by atoms with van der Waals surface area (Å²) in [5.74, 6) is -0.497. The molecule has 0 saturated carbocycles. The second kappa shape index (κ2) is 48.8. The Balaban J connectivity index is 3.53. The monoisotopic (exact) mass is 820 g/mol. The molecule has 58 heavy (non-hydrogen) atoms. The molecule has 0 aromatic rings. The third-order valence-corrected chi connectivity index (χ3v) is 12.6. The molecule has 3 unspecified atom stereocenters. The summed E-state index contributed by atoms with van der Waals surface area (Å²) in [5, 5.41) is 33.3. The van der Waals surface area contributed by atoms with Gasteiger partial charge < -0.3 is 20.6 Å². The third-order valence-electron chi connectivity index (χ3n) is 12.6. The standard InChI is InChI=1S/C53H105NO4/c1-3-5-7-9-11-13-15-17-19-21-22-23-24-25-26-27-28-29-30-32-34-36-38-40-42-44-46-48-52(57)53(58)54-50(49-55)51(56)47-45-43-41-39-37-35-33-31-20-18-16-14-12-10-8-6-4-2/h45,47,50-52,55-57H,3-44,46,48-49H2,1-2H3,(H,54,58)/b47-45+. The number of carbonyl (C=O) groups is 1. The molecule has 0 rings (SSSR count). The molecule has 0 aromatic carbocycles. The maximum Gasteiger partial charge on any atom is 0.249 e. The number of hydrogen-bond acceptors (Lipinski definition) is 4. The van der Waals surface area contributed by atoms with Crippen LogP contribution in [0, 0.1) is 0 Å². The van der Waals surface area contributed by atoms with Gasteiger partial charge in [0, 0.05) is 0 Å². The van der Waals surface area contributed by atoms with Crippen molar-refractivity contribution in [3.63, 3.8) is 0 Å². The molecule has 0 aromatic heterocycles. The summed E-state index contributed by atoms with van der Waals surface area (Å²) in [6.07, 6.45) is 59.9. The number of aliphatic hydroxyl groups is 3. The predicted octanol–water partition coefficient (Wildman–Crippen LogP) is 15.9. The van der Waals surface area contributed by atoms with Crippen LogP contribution in [0.15, 0.2) is 12.2 Å². The van der Waals surface area contributed by atoms with Crippen molar-refractivity contribution in [2.45, 2.75) is 315 Å². The van der Waals surface area contributed by atoms with E-state index in [9.17, 15) is 20.1 Å². The van der Waals surface area contributed by atoms with E-state index in [0.29, 0.717) is 6.42 Å². The van der Waals surface area contributed by atoms with Crippen LogP contribution in [0.5, 0.6) is 0 Å². The summed E-state index contributed by atoms with van der Waals surface area (Å²) in [4.78, 5) is 12.5. The zero-order valence-electron chi connectivity index (χ0n) is 39.5. The van der Waals surface area contributed by atoms with E-state index in [-0.39, 0.29) is 6.61 Å². The SMILES string of the molecule is CCCCCCCCCCCCCCCCC/C=C/C(O)C(CO)NC(=O)C(O)CCCCCCCCCCCCCCCCCCCCCCCCCCCCC. The van der Waals surface area contributed by atoms with Crippen LogP contribution >= 0.6 is 0 Å². The molecule has 346 valence electrons. The summed E-state index contributed by atoms with van der Waals surface area (Å²) >= 11 is 0. The minimum atomic E-state index is -1.09. The Morgan fingerprint density at radius 3 is 0.948 bits per heavy atom. The van der Waals surface area contributed by atoms with Gasteiger partial charge in [0.2, 0.25) is 5.91 Å². The number of allylic oxidation sites excluding steroid dienone is 1. The van der Waals surface area contributed by atoms with Crippen LogP contribution in [-0.2, 0) is 4.79 Å². The first kappa shape index (κ1) is 57.1. The molecule has 0 spiro atoms. The molecule has 3 atom stereocenters. The molecular formula is C53H105NO4. The topological polar surface area (TPSA) is 89.8 Å². The van der Waals surface area contributed by atoms with Crippen LogP contribution in [0.1, 0.15) is 296 Å². The third kappa shape index (κ3) is 43.2. The quantitative estimate of drug-likeness (QED) is 0.0364. The molecule has 0 aliphatic carbocycles. The molecule has 5 nitrogen and oxygen atoms in total. The molecule has 0 aliphatic heterocycles. The van der Waals surface area contributed by atoms with E-state index in [1.165, 1.54) is 244 Å². The first-order valence-corrected chi connectivity index (χ1v) is 26.5. The zero-order chi connectivity index (χ0) is 42.3. The van der Waals surface area contributed by atoms with Crippen LogP contribution in [0.2, 0.25) is 0 Å². The minimum Gasteiger partial charge on any atom is -0.394 e. The highest BCUT2D eigenvalue weighted by Gasteiger charge is 2.22. The molecule has 0 fully saturated rings. The molecule has 0 saturated heterocycles. The number of carbonyl (C=O) groups excluding carboxylic acids is 1. The fourth-order valence-electron chi connectivity index (χ4n) is 8.48. The Kier molecular flexibility index (Phi) is 48.0. The molecular weight excluding hydrogens is 715 g/mol. The Morgan fingerprint density at radius 1 is 0.414 bits per heavy atom.